The Morgan fingerprint density at radius 2 is 1.81 bits per heavy atom. The monoisotopic (exact) mass is 367 g/mol. The summed E-state index contributed by atoms with van der Waals surface area (Å²) in [5.74, 6) is -0.909. The molecule has 0 aliphatic carbocycles. The van der Waals surface area contributed by atoms with Crippen molar-refractivity contribution in [1.82, 2.24) is 0 Å². The van der Waals surface area contributed by atoms with Gasteiger partial charge in [0.1, 0.15) is 5.57 Å². The third-order valence-electron chi connectivity index (χ3n) is 4.71. The van der Waals surface area contributed by atoms with Gasteiger partial charge >= 0.3 is 5.97 Å². The van der Waals surface area contributed by atoms with Crippen molar-refractivity contribution in [1.29, 1.82) is 0 Å². The van der Waals surface area contributed by atoms with Crippen LogP contribution >= 0.6 is 11.3 Å². The number of hydrogen-bond donors (Lipinski definition) is 0. The van der Waals surface area contributed by atoms with Crippen molar-refractivity contribution in [2.75, 3.05) is 12.0 Å². The molecule has 1 aromatic heterocycles. The zero-order chi connectivity index (χ0) is 19.0. The number of thiophene rings is 1. The molecule has 0 saturated carbocycles. The van der Waals surface area contributed by atoms with E-state index >= 15 is 0 Å². The van der Waals surface area contributed by atoms with Gasteiger partial charge in [0.25, 0.3) is 0 Å². The zero-order valence-electron chi connectivity index (χ0n) is 15.5. The lowest BCUT2D eigenvalue weighted by Crippen LogP contribution is -2.18. The van der Waals surface area contributed by atoms with Crippen molar-refractivity contribution >= 4 is 34.9 Å². The van der Waals surface area contributed by atoms with E-state index in [4.69, 9.17) is 4.74 Å². The van der Waals surface area contributed by atoms with E-state index in [1.807, 2.05) is 61.4 Å². The van der Waals surface area contributed by atoms with Crippen molar-refractivity contribution in [3.05, 3.63) is 68.2 Å². The van der Waals surface area contributed by atoms with Crippen molar-refractivity contribution in [3.8, 4) is 0 Å². The lowest BCUT2D eigenvalue weighted by molar-refractivity contribution is -0.137. The number of carbonyl (C=O) groups excluding carboxylic acids is 2. The third-order valence-corrected chi connectivity index (χ3v) is 5.67. The minimum absolute atomic E-state index is 0.0891. The highest BCUT2D eigenvalue weighted by Crippen LogP contribution is 2.37. The van der Waals surface area contributed by atoms with Crippen molar-refractivity contribution in [2.45, 2.75) is 27.7 Å². The smallest absolute Gasteiger partial charge is 0.343 e. The van der Waals surface area contributed by atoms with E-state index < -0.39 is 5.97 Å². The molecule has 26 heavy (non-hydrogen) atoms. The van der Waals surface area contributed by atoms with Crippen LogP contribution in [0.3, 0.4) is 0 Å². The Morgan fingerprint density at radius 3 is 2.38 bits per heavy atom. The summed E-state index contributed by atoms with van der Waals surface area (Å²) >= 11 is 1.57. The van der Waals surface area contributed by atoms with E-state index in [0.29, 0.717) is 11.4 Å². The number of anilines is 1. The number of carbonyl (C=O) groups is 2. The van der Waals surface area contributed by atoms with Crippen LogP contribution in [0.25, 0.3) is 6.08 Å². The number of nitrogens with zero attached hydrogens (tertiary/aromatic N) is 1. The first kappa shape index (κ1) is 18.1. The fourth-order valence-electron chi connectivity index (χ4n) is 3.01. The molecule has 1 aliphatic rings. The molecular weight excluding hydrogens is 346 g/mol. The van der Waals surface area contributed by atoms with E-state index in [1.165, 1.54) is 12.7 Å². The van der Waals surface area contributed by atoms with Gasteiger partial charge in [0.05, 0.1) is 12.8 Å². The molecule has 0 radical (unpaired) electrons. The highest BCUT2D eigenvalue weighted by atomic mass is 32.1. The van der Waals surface area contributed by atoms with E-state index in [-0.39, 0.29) is 11.4 Å². The van der Waals surface area contributed by atoms with Gasteiger partial charge in [0.2, 0.25) is 5.78 Å². The van der Waals surface area contributed by atoms with E-state index in [0.717, 1.165) is 21.7 Å². The number of rotatable bonds is 3. The molecule has 3 rings (SSSR count). The standard InChI is InChI=1S/C21H21NO3S/c1-12-6-7-16(10-14(12)3)22-15(4)19(21(24)25-5)20(23)17(22)11-18-13(2)8-9-26-18/h6-11H,1-5H3/b17-11-. The topological polar surface area (TPSA) is 46.6 Å². The second kappa shape index (κ2) is 6.92. The lowest BCUT2D eigenvalue weighted by Gasteiger charge is -2.22. The number of aryl methyl sites for hydroxylation is 3. The number of esters is 1. The molecule has 134 valence electrons. The molecule has 2 heterocycles. The third kappa shape index (κ3) is 2.99. The van der Waals surface area contributed by atoms with E-state index in [9.17, 15) is 9.59 Å². The molecule has 4 nitrogen and oxygen atoms in total. The number of ketones is 1. The first-order valence-corrected chi connectivity index (χ1v) is 9.20. The van der Waals surface area contributed by atoms with Gasteiger partial charge in [0.15, 0.2) is 0 Å². The number of Topliss-reactive ketones (excluding diaryl/α,β-unsaturated/α-hetero) is 1. The number of ether oxygens (including phenoxy) is 1. The van der Waals surface area contributed by atoms with Crippen LogP contribution in [0.5, 0.6) is 0 Å². The quantitative estimate of drug-likeness (QED) is 0.454. The van der Waals surface area contributed by atoms with E-state index in [2.05, 4.69) is 0 Å². The zero-order valence-corrected chi connectivity index (χ0v) is 16.4. The average molecular weight is 367 g/mol. The molecule has 0 N–H and O–H groups in total. The van der Waals surface area contributed by atoms with Gasteiger partial charge in [-0.05, 0) is 74.0 Å². The number of methoxy groups -OCH3 is 1. The van der Waals surface area contributed by atoms with Crippen LogP contribution in [0.15, 0.2) is 46.6 Å². The molecular formula is C21H21NO3S. The van der Waals surface area contributed by atoms with Gasteiger partial charge in [-0.3, -0.25) is 4.79 Å². The van der Waals surface area contributed by atoms with Gasteiger partial charge in [-0.15, -0.1) is 11.3 Å². The Bertz CT molecular complexity index is 965. The molecule has 1 aromatic carbocycles. The molecule has 1 aliphatic heterocycles. The summed E-state index contributed by atoms with van der Waals surface area (Å²) in [5.41, 5.74) is 5.40. The fraction of sp³-hybridized carbons (Fsp3) is 0.238. The van der Waals surface area contributed by atoms with Gasteiger partial charge in [-0.1, -0.05) is 6.07 Å². The predicted octanol–water partition coefficient (Wildman–Crippen LogP) is 4.55. The number of benzene rings is 1. The highest BCUT2D eigenvalue weighted by molar-refractivity contribution is 7.11. The summed E-state index contributed by atoms with van der Waals surface area (Å²) in [6.45, 7) is 7.86. The average Bonchev–Trinajstić information content (AvgIpc) is 3.11. The van der Waals surface area contributed by atoms with Gasteiger partial charge in [-0.2, -0.15) is 0 Å². The van der Waals surface area contributed by atoms with Crippen molar-refractivity contribution in [2.24, 2.45) is 0 Å². The van der Waals surface area contributed by atoms with Gasteiger partial charge in [0, 0.05) is 16.3 Å². The second-order valence-corrected chi connectivity index (χ2v) is 7.33. The van der Waals surface area contributed by atoms with Crippen molar-refractivity contribution in [3.63, 3.8) is 0 Å². The molecule has 0 spiro atoms. The first-order chi connectivity index (χ1) is 12.3. The van der Waals surface area contributed by atoms with Gasteiger partial charge in [-0.25, -0.2) is 4.79 Å². The number of hydrogen-bond acceptors (Lipinski definition) is 5. The molecule has 0 unspecified atom stereocenters. The summed E-state index contributed by atoms with van der Waals surface area (Å²) < 4.78 is 4.84. The van der Waals surface area contributed by atoms with E-state index in [1.54, 1.807) is 18.3 Å². The summed E-state index contributed by atoms with van der Waals surface area (Å²) in [5, 5.41) is 1.99. The van der Waals surface area contributed by atoms with Crippen LogP contribution in [-0.2, 0) is 14.3 Å². The Morgan fingerprint density at radius 1 is 1.08 bits per heavy atom. The molecule has 2 aromatic rings. The minimum atomic E-state index is -0.604. The highest BCUT2D eigenvalue weighted by Gasteiger charge is 2.38. The molecule has 0 fully saturated rings. The molecule has 0 saturated heterocycles. The normalized spacial score (nSPS) is 16.0. The summed E-state index contributed by atoms with van der Waals surface area (Å²) in [7, 11) is 1.29. The van der Waals surface area contributed by atoms with Gasteiger partial charge < -0.3 is 9.64 Å². The van der Waals surface area contributed by atoms with Crippen LogP contribution in [0, 0.1) is 20.8 Å². The van der Waals surface area contributed by atoms with Crippen LogP contribution < -0.4 is 4.90 Å². The maximum Gasteiger partial charge on any atom is 0.343 e. The Labute approximate surface area is 157 Å². The number of allylic oxidation sites excluding steroid dienone is 2. The fourth-order valence-corrected chi connectivity index (χ4v) is 3.87. The lowest BCUT2D eigenvalue weighted by atomic mass is 10.1. The maximum atomic E-state index is 13.0. The van der Waals surface area contributed by atoms with Crippen LogP contribution in [-0.4, -0.2) is 18.9 Å². The molecule has 0 atom stereocenters. The summed E-state index contributed by atoms with van der Waals surface area (Å²) in [6, 6.07) is 8.03. The molecule has 0 amide bonds. The SMILES string of the molecule is COC(=O)C1=C(C)N(c2ccc(C)c(C)c2)/C(=C\c2sccc2C)C1=O. The largest absolute Gasteiger partial charge is 0.465 e. The van der Waals surface area contributed by atoms with Crippen LogP contribution in [0.1, 0.15) is 28.5 Å². The Balaban J connectivity index is 2.20. The minimum Gasteiger partial charge on any atom is -0.465 e. The summed E-state index contributed by atoms with van der Waals surface area (Å²) in [6.07, 6.45) is 1.86. The van der Waals surface area contributed by atoms with Crippen LogP contribution in [0.2, 0.25) is 0 Å². The molecule has 0 bridgehead atoms. The Kier molecular flexibility index (Phi) is 4.83. The first-order valence-electron chi connectivity index (χ1n) is 8.32. The van der Waals surface area contributed by atoms with Crippen molar-refractivity contribution < 1.29 is 14.3 Å². The molecule has 5 heteroatoms. The second-order valence-electron chi connectivity index (χ2n) is 6.38. The Hall–Kier alpha value is -2.66. The summed E-state index contributed by atoms with van der Waals surface area (Å²) in [4.78, 5) is 28.1. The van der Waals surface area contributed by atoms with Crippen LogP contribution in [0.4, 0.5) is 5.69 Å². The predicted molar refractivity (Wildman–Crippen MR) is 105 cm³/mol. The maximum absolute atomic E-state index is 13.0.